The number of hydrogen-bond acceptors (Lipinski definition) is 5. The SMILES string of the molecule is CC(=O)NC1=C(O)C2C(c3ccc(Cl)cc3)C(C#N)C(=O)N2C1=O. The summed E-state index contributed by atoms with van der Waals surface area (Å²) in [6.07, 6.45) is 0. The maximum atomic E-state index is 12.5. The van der Waals surface area contributed by atoms with Crippen LogP contribution in [0.3, 0.4) is 0 Å². The summed E-state index contributed by atoms with van der Waals surface area (Å²) in [4.78, 5) is 36.9. The fourth-order valence-electron chi connectivity index (χ4n) is 3.17. The summed E-state index contributed by atoms with van der Waals surface area (Å²) in [5.41, 5.74) is 0.270. The molecule has 2 aliphatic rings. The number of imide groups is 1. The Balaban J connectivity index is 2.11. The molecule has 0 bridgehead atoms. The molecule has 0 aliphatic carbocycles. The summed E-state index contributed by atoms with van der Waals surface area (Å²) in [6, 6.07) is 7.37. The molecule has 1 fully saturated rings. The van der Waals surface area contributed by atoms with Crippen LogP contribution >= 0.6 is 11.6 Å². The van der Waals surface area contributed by atoms with Crippen LogP contribution in [0.5, 0.6) is 0 Å². The number of benzene rings is 1. The van der Waals surface area contributed by atoms with Gasteiger partial charge in [-0.05, 0) is 17.7 Å². The van der Waals surface area contributed by atoms with Gasteiger partial charge in [-0.25, -0.2) is 0 Å². The third-order valence-electron chi connectivity index (χ3n) is 4.14. The van der Waals surface area contributed by atoms with Gasteiger partial charge >= 0.3 is 0 Å². The van der Waals surface area contributed by atoms with Crippen molar-refractivity contribution < 1.29 is 19.5 Å². The molecule has 2 heterocycles. The molecule has 0 radical (unpaired) electrons. The van der Waals surface area contributed by atoms with E-state index >= 15 is 0 Å². The molecule has 24 heavy (non-hydrogen) atoms. The highest BCUT2D eigenvalue weighted by Crippen LogP contribution is 2.45. The van der Waals surface area contributed by atoms with Gasteiger partial charge in [-0.15, -0.1) is 0 Å². The largest absolute Gasteiger partial charge is 0.508 e. The van der Waals surface area contributed by atoms with E-state index in [4.69, 9.17) is 11.6 Å². The minimum absolute atomic E-state index is 0.323. The summed E-state index contributed by atoms with van der Waals surface area (Å²) in [5, 5.41) is 22.5. The van der Waals surface area contributed by atoms with Gasteiger partial charge in [0.25, 0.3) is 5.91 Å². The molecular formula is C16H12ClN3O4. The van der Waals surface area contributed by atoms with E-state index in [9.17, 15) is 24.8 Å². The van der Waals surface area contributed by atoms with Gasteiger partial charge in [0.2, 0.25) is 11.8 Å². The Hall–Kier alpha value is -2.85. The van der Waals surface area contributed by atoms with Crippen molar-refractivity contribution in [1.82, 2.24) is 10.2 Å². The van der Waals surface area contributed by atoms with Crippen LogP contribution in [0.2, 0.25) is 5.02 Å². The van der Waals surface area contributed by atoms with Crippen molar-refractivity contribution in [2.45, 2.75) is 18.9 Å². The average Bonchev–Trinajstić information content (AvgIpc) is 2.96. The first kappa shape index (κ1) is 16.0. The van der Waals surface area contributed by atoms with Gasteiger partial charge in [0.1, 0.15) is 23.4 Å². The van der Waals surface area contributed by atoms with Crippen LogP contribution in [0.25, 0.3) is 0 Å². The molecule has 2 aliphatic heterocycles. The fraction of sp³-hybridized carbons (Fsp3) is 0.250. The Kier molecular flexibility index (Phi) is 3.78. The molecule has 3 amide bonds. The van der Waals surface area contributed by atoms with E-state index in [-0.39, 0.29) is 5.70 Å². The van der Waals surface area contributed by atoms with Crippen molar-refractivity contribution in [3.05, 3.63) is 46.3 Å². The Morgan fingerprint density at radius 2 is 1.96 bits per heavy atom. The third-order valence-corrected chi connectivity index (χ3v) is 4.40. The molecule has 3 rings (SSSR count). The van der Waals surface area contributed by atoms with Gasteiger partial charge in [0.05, 0.1) is 6.07 Å². The Morgan fingerprint density at radius 3 is 2.50 bits per heavy atom. The molecule has 0 spiro atoms. The molecule has 1 saturated heterocycles. The predicted molar refractivity (Wildman–Crippen MR) is 82.4 cm³/mol. The number of amides is 3. The minimum atomic E-state index is -1.11. The number of halogens is 1. The van der Waals surface area contributed by atoms with Crippen molar-refractivity contribution in [3.63, 3.8) is 0 Å². The van der Waals surface area contributed by atoms with Crippen LogP contribution < -0.4 is 5.32 Å². The summed E-state index contributed by atoms with van der Waals surface area (Å²) in [5.74, 6) is -4.32. The number of aliphatic hydroxyl groups is 1. The van der Waals surface area contributed by atoms with E-state index in [1.54, 1.807) is 24.3 Å². The molecule has 3 atom stereocenters. The second kappa shape index (κ2) is 5.65. The lowest BCUT2D eigenvalue weighted by atomic mass is 9.84. The molecule has 2 N–H and O–H groups in total. The fourth-order valence-corrected chi connectivity index (χ4v) is 3.29. The van der Waals surface area contributed by atoms with Gasteiger partial charge in [-0.1, -0.05) is 23.7 Å². The Morgan fingerprint density at radius 1 is 1.33 bits per heavy atom. The van der Waals surface area contributed by atoms with Crippen LogP contribution in [0.4, 0.5) is 0 Å². The van der Waals surface area contributed by atoms with Gasteiger partial charge in [0, 0.05) is 17.9 Å². The molecule has 0 aromatic heterocycles. The second-order valence-corrected chi connectivity index (χ2v) is 6.02. The van der Waals surface area contributed by atoms with Gasteiger partial charge in [0.15, 0.2) is 0 Å². The number of nitriles is 1. The first-order chi connectivity index (χ1) is 11.4. The third kappa shape index (κ3) is 2.23. The molecule has 3 unspecified atom stereocenters. The summed E-state index contributed by atoms with van der Waals surface area (Å²) in [6.45, 7) is 1.19. The number of nitrogens with one attached hydrogen (secondary N) is 1. The lowest BCUT2D eigenvalue weighted by Gasteiger charge is -2.20. The smallest absolute Gasteiger partial charge is 0.281 e. The molecule has 1 aromatic rings. The number of carbonyl (C=O) groups excluding carboxylic acids is 3. The number of nitrogens with zero attached hydrogens (tertiary/aromatic N) is 2. The predicted octanol–water partition coefficient (Wildman–Crippen LogP) is 1.22. The number of fused-ring (bicyclic) bond motifs is 1. The lowest BCUT2D eigenvalue weighted by Crippen LogP contribution is -2.37. The quantitative estimate of drug-likeness (QED) is 0.783. The van der Waals surface area contributed by atoms with Gasteiger partial charge in [-0.3, -0.25) is 19.3 Å². The van der Waals surface area contributed by atoms with Crippen molar-refractivity contribution >= 4 is 29.3 Å². The maximum absolute atomic E-state index is 12.5. The second-order valence-electron chi connectivity index (χ2n) is 5.58. The molecule has 8 heteroatoms. The van der Waals surface area contributed by atoms with Gasteiger partial charge < -0.3 is 10.4 Å². The van der Waals surface area contributed by atoms with E-state index in [0.29, 0.717) is 10.6 Å². The van der Waals surface area contributed by atoms with E-state index in [1.807, 2.05) is 6.07 Å². The molecule has 7 nitrogen and oxygen atoms in total. The lowest BCUT2D eigenvalue weighted by molar-refractivity contribution is -0.141. The normalized spacial score (nSPS) is 25.7. The first-order valence-electron chi connectivity index (χ1n) is 7.10. The highest BCUT2D eigenvalue weighted by Gasteiger charge is 2.58. The minimum Gasteiger partial charge on any atom is -0.508 e. The zero-order valence-electron chi connectivity index (χ0n) is 12.5. The topological polar surface area (TPSA) is 110 Å². The highest BCUT2D eigenvalue weighted by atomic mass is 35.5. The van der Waals surface area contributed by atoms with Crippen LogP contribution in [0.15, 0.2) is 35.7 Å². The standard InChI is InChI=1S/C16H12ClN3O4/c1-7(21)19-12-14(22)13-11(8-2-4-9(17)5-3-8)10(6-18)15(23)20(13)16(12)24/h2-5,10-11,13,22H,1H3,(H,19,21). The zero-order valence-corrected chi connectivity index (χ0v) is 13.2. The Labute approximate surface area is 142 Å². The number of rotatable bonds is 2. The highest BCUT2D eigenvalue weighted by molar-refractivity contribution is 6.30. The van der Waals surface area contributed by atoms with E-state index in [1.165, 1.54) is 6.92 Å². The zero-order chi connectivity index (χ0) is 17.6. The van der Waals surface area contributed by atoms with E-state index < -0.39 is 41.4 Å². The average molecular weight is 346 g/mol. The van der Waals surface area contributed by atoms with Crippen LogP contribution in [-0.2, 0) is 14.4 Å². The summed E-state index contributed by atoms with van der Waals surface area (Å²) in [7, 11) is 0. The van der Waals surface area contributed by atoms with Crippen molar-refractivity contribution in [1.29, 1.82) is 5.26 Å². The van der Waals surface area contributed by atoms with E-state index in [0.717, 1.165) is 4.90 Å². The maximum Gasteiger partial charge on any atom is 0.281 e. The number of aliphatic hydroxyl groups excluding tert-OH is 1. The number of carbonyl (C=O) groups is 3. The monoisotopic (exact) mass is 345 g/mol. The molecule has 122 valence electrons. The Bertz CT molecular complexity index is 825. The van der Waals surface area contributed by atoms with Crippen molar-refractivity contribution in [2.24, 2.45) is 5.92 Å². The van der Waals surface area contributed by atoms with Crippen LogP contribution in [0, 0.1) is 17.2 Å². The molecular weight excluding hydrogens is 334 g/mol. The van der Waals surface area contributed by atoms with Crippen LogP contribution in [-0.4, -0.2) is 33.8 Å². The summed E-state index contributed by atoms with van der Waals surface area (Å²) < 4.78 is 0. The van der Waals surface area contributed by atoms with Crippen molar-refractivity contribution in [3.8, 4) is 6.07 Å². The van der Waals surface area contributed by atoms with E-state index in [2.05, 4.69) is 5.32 Å². The van der Waals surface area contributed by atoms with Gasteiger partial charge in [-0.2, -0.15) is 5.26 Å². The first-order valence-corrected chi connectivity index (χ1v) is 7.47. The summed E-state index contributed by atoms with van der Waals surface area (Å²) >= 11 is 5.86. The number of hydrogen-bond donors (Lipinski definition) is 2. The molecule has 0 saturated carbocycles. The van der Waals surface area contributed by atoms with Crippen LogP contribution in [0.1, 0.15) is 18.4 Å². The molecule has 1 aromatic carbocycles. The van der Waals surface area contributed by atoms with Crippen molar-refractivity contribution in [2.75, 3.05) is 0 Å².